The Morgan fingerprint density at radius 1 is 1.24 bits per heavy atom. The van der Waals surface area contributed by atoms with Gasteiger partial charge in [0.15, 0.2) is 0 Å². The summed E-state index contributed by atoms with van der Waals surface area (Å²) in [4.78, 5) is 27.9. The molecule has 0 spiro atoms. The van der Waals surface area contributed by atoms with E-state index in [2.05, 4.69) is 10.3 Å². The minimum absolute atomic E-state index is 0.0868. The van der Waals surface area contributed by atoms with Crippen molar-refractivity contribution in [3.63, 3.8) is 0 Å². The first-order valence-corrected chi connectivity index (χ1v) is 9.58. The van der Waals surface area contributed by atoms with E-state index < -0.39 is 5.63 Å². The van der Waals surface area contributed by atoms with Gasteiger partial charge in [0.25, 0.3) is 0 Å². The number of para-hydroxylation sites is 1. The van der Waals surface area contributed by atoms with Crippen LogP contribution in [-0.4, -0.2) is 22.5 Å². The van der Waals surface area contributed by atoms with Crippen molar-refractivity contribution in [3.05, 3.63) is 74.7 Å². The van der Waals surface area contributed by atoms with Gasteiger partial charge in [-0.1, -0.05) is 29.8 Å². The molecule has 148 valence electrons. The zero-order chi connectivity index (χ0) is 20.5. The van der Waals surface area contributed by atoms with Gasteiger partial charge in [0.1, 0.15) is 11.3 Å². The molecule has 0 aliphatic heterocycles. The maximum atomic E-state index is 12.4. The predicted molar refractivity (Wildman–Crippen MR) is 113 cm³/mol. The van der Waals surface area contributed by atoms with Crippen molar-refractivity contribution >= 4 is 39.4 Å². The number of halogens is 1. The predicted octanol–water partition coefficient (Wildman–Crippen LogP) is 3.84. The van der Waals surface area contributed by atoms with Crippen LogP contribution in [0.25, 0.3) is 21.9 Å². The lowest BCUT2D eigenvalue weighted by molar-refractivity contribution is -0.120. The van der Waals surface area contributed by atoms with Gasteiger partial charge in [0, 0.05) is 35.1 Å². The van der Waals surface area contributed by atoms with Crippen LogP contribution in [0.15, 0.2) is 51.8 Å². The number of phenols is 1. The average Bonchev–Trinajstić information content (AvgIpc) is 3.10. The van der Waals surface area contributed by atoms with E-state index in [4.69, 9.17) is 16.0 Å². The second-order valence-electron chi connectivity index (χ2n) is 6.93. The number of fused-ring (bicyclic) bond motifs is 2. The van der Waals surface area contributed by atoms with Gasteiger partial charge < -0.3 is 19.8 Å². The van der Waals surface area contributed by atoms with E-state index >= 15 is 0 Å². The van der Waals surface area contributed by atoms with E-state index in [-0.39, 0.29) is 34.2 Å². The lowest BCUT2D eigenvalue weighted by Crippen LogP contribution is -2.29. The molecular weight excluding hydrogens is 392 g/mol. The van der Waals surface area contributed by atoms with Gasteiger partial charge in [-0.3, -0.25) is 4.79 Å². The number of rotatable bonds is 5. The van der Waals surface area contributed by atoms with Crippen molar-refractivity contribution in [1.29, 1.82) is 0 Å². The number of amides is 1. The SMILES string of the molecule is Cc1c(CC(=O)NCCc2c[nH]c3ccccc23)c(=O)oc2cc(O)c(Cl)cc12. The van der Waals surface area contributed by atoms with Crippen LogP contribution in [0.3, 0.4) is 0 Å². The van der Waals surface area contributed by atoms with Crippen LogP contribution in [-0.2, 0) is 17.6 Å². The third-order valence-electron chi connectivity index (χ3n) is 5.08. The van der Waals surface area contributed by atoms with Gasteiger partial charge in [-0.15, -0.1) is 0 Å². The lowest BCUT2D eigenvalue weighted by Gasteiger charge is -2.09. The van der Waals surface area contributed by atoms with Crippen molar-refractivity contribution in [2.24, 2.45) is 0 Å². The first-order valence-electron chi connectivity index (χ1n) is 9.20. The Hall–Kier alpha value is -3.25. The first-order chi connectivity index (χ1) is 13.9. The maximum absolute atomic E-state index is 12.4. The minimum Gasteiger partial charge on any atom is -0.506 e. The number of hydrogen-bond acceptors (Lipinski definition) is 4. The number of aromatic hydroxyl groups is 1. The average molecular weight is 411 g/mol. The Morgan fingerprint density at radius 3 is 2.86 bits per heavy atom. The molecule has 2 aromatic carbocycles. The quantitative estimate of drug-likeness (QED) is 0.435. The van der Waals surface area contributed by atoms with Gasteiger partial charge in [-0.2, -0.15) is 0 Å². The highest BCUT2D eigenvalue weighted by Crippen LogP contribution is 2.30. The summed E-state index contributed by atoms with van der Waals surface area (Å²) in [5.74, 6) is -0.422. The Kier molecular flexibility index (Phi) is 5.03. The molecule has 0 aliphatic rings. The number of hydrogen-bond donors (Lipinski definition) is 3. The molecule has 3 N–H and O–H groups in total. The molecule has 0 fully saturated rings. The first kappa shape index (κ1) is 19.1. The fourth-order valence-electron chi connectivity index (χ4n) is 3.50. The summed E-state index contributed by atoms with van der Waals surface area (Å²) in [7, 11) is 0. The van der Waals surface area contributed by atoms with Gasteiger partial charge in [0.2, 0.25) is 5.91 Å². The lowest BCUT2D eigenvalue weighted by atomic mass is 10.0. The second kappa shape index (κ2) is 7.64. The summed E-state index contributed by atoms with van der Waals surface area (Å²) in [6, 6.07) is 10.8. The maximum Gasteiger partial charge on any atom is 0.340 e. The number of aryl methyl sites for hydroxylation is 1. The smallest absolute Gasteiger partial charge is 0.340 e. The minimum atomic E-state index is -0.594. The second-order valence-corrected chi connectivity index (χ2v) is 7.34. The van der Waals surface area contributed by atoms with E-state index in [1.807, 2.05) is 30.5 Å². The number of nitrogens with one attached hydrogen (secondary N) is 2. The van der Waals surface area contributed by atoms with Crippen molar-refractivity contribution in [1.82, 2.24) is 10.3 Å². The molecule has 0 radical (unpaired) electrons. The number of aromatic amines is 1. The highest BCUT2D eigenvalue weighted by molar-refractivity contribution is 6.32. The zero-order valence-electron chi connectivity index (χ0n) is 15.7. The topological polar surface area (TPSA) is 95.3 Å². The Bertz CT molecular complexity index is 1290. The fourth-order valence-corrected chi connectivity index (χ4v) is 3.66. The van der Waals surface area contributed by atoms with E-state index in [1.54, 1.807) is 6.92 Å². The molecule has 0 saturated heterocycles. The third-order valence-corrected chi connectivity index (χ3v) is 5.39. The molecule has 0 unspecified atom stereocenters. The van der Waals surface area contributed by atoms with Gasteiger partial charge >= 0.3 is 5.63 Å². The van der Waals surface area contributed by atoms with Gasteiger partial charge in [-0.05, 0) is 36.6 Å². The number of carbonyl (C=O) groups is 1. The standard InChI is InChI=1S/C22H19ClN2O4/c1-12-15-8-17(23)19(26)10-20(15)29-22(28)16(12)9-21(27)24-7-6-13-11-25-18-5-3-2-4-14(13)18/h2-5,8,10-11,25-26H,6-7,9H2,1H3,(H,24,27). The summed E-state index contributed by atoms with van der Waals surface area (Å²) in [6.07, 6.45) is 2.53. The zero-order valence-corrected chi connectivity index (χ0v) is 16.5. The van der Waals surface area contributed by atoms with Crippen LogP contribution in [0.2, 0.25) is 5.02 Å². The molecule has 1 amide bonds. The monoisotopic (exact) mass is 410 g/mol. The molecule has 2 aromatic heterocycles. The van der Waals surface area contributed by atoms with Crippen LogP contribution in [0, 0.1) is 6.92 Å². The number of benzene rings is 2. The van der Waals surface area contributed by atoms with Crippen LogP contribution in [0.4, 0.5) is 0 Å². The number of H-pyrrole nitrogens is 1. The van der Waals surface area contributed by atoms with Crippen LogP contribution >= 0.6 is 11.6 Å². The van der Waals surface area contributed by atoms with Crippen molar-refractivity contribution in [2.45, 2.75) is 19.8 Å². The van der Waals surface area contributed by atoms with E-state index in [1.165, 1.54) is 12.1 Å². The Balaban J connectivity index is 1.47. The summed E-state index contributed by atoms with van der Waals surface area (Å²) < 4.78 is 5.26. The number of aromatic nitrogens is 1. The van der Waals surface area contributed by atoms with Crippen molar-refractivity contribution in [3.8, 4) is 5.75 Å². The molecule has 29 heavy (non-hydrogen) atoms. The summed E-state index contributed by atoms with van der Waals surface area (Å²) >= 11 is 5.96. The van der Waals surface area contributed by atoms with E-state index in [0.717, 1.165) is 16.5 Å². The van der Waals surface area contributed by atoms with Gasteiger partial charge in [-0.25, -0.2) is 4.79 Å². The Labute approximate surface area is 171 Å². The molecule has 0 bridgehead atoms. The van der Waals surface area contributed by atoms with Crippen LogP contribution in [0.1, 0.15) is 16.7 Å². The molecule has 6 nitrogen and oxygen atoms in total. The summed E-state index contributed by atoms with van der Waals surface area (Å²) in [5.41, 5.74) is 2.72. The normalized spacial score (nSPS) is 11.2. The van der Waals surface area contributed by atoms with Crippen LogP contribution < -0.4 is 10.9 Å². The summed E-state index contributed by atoms with van der Waals surface area (Å²) in [6.45, 7) is 2.19. The van der Waals surface area contributed by atoms with Crippen molar-refractivity contribution in [2.75, 3.05) is 6.54 Å². The van der Waals surface area contributed by atoms with Gasteiger partial charge in [0.05, 0.1) is 17.0 Å². The number of phenolic OH excluding ortho intramolecular Hbond substituents is 1. The molecular formula is C22H19ClN2O4. The molecule has 4 rings (SSSR count). The molecule has 0 atom stereocenters. The largest absolute Gasteiger partial charge is 0.506 e. The molecule has 0 aliphatic carbocycles. The molecule has 0 saturated carbocycles. The highest BCUT2D eigenvalue weighted by atomic mass is 35.5. The fraction of sp³-hybridized carbons (Fsp3) is 0.182. The van der Waals surface area contributed by atoms with Crippen molar-refractivity contribution < 1.29 is 14.3 Å². The van der Waals surface area contributed by atoms with E-state index in [0.29, 0.717) is 23.9 Å². The highest BCUT2D eigenvalue weighted by Gasteiger charge is 2.16. The third kappa shape index (κ3) is 3.71. The molecule has 4 aromatic rings. The van der Waals surface area contributed by atoms with Crippen LogP contribution in [0.5, 0.6) is 5.75 Å². The number of carbonyl (C=O) groups excluding carboxylic acids is 1. The summed E-state index contributed by atoms with van der Waals surface area (Å²) in [5, 5.41) is 14.4. The Morgan fingerprint density at radius 2 is 2.03 bits per heavy atom. The molecule has 2 heterocycles. The molecule has 7 heteroatoms. The van der Waals surface area contributed by atoms with E-state index in [9.17, 15) is 14.7 Å².